The van der Waals surface area contributed by atoms with Crippen LogP contribution in [0.15, 0.2) is 24.3 Å². The molecule has 2 aromatic heterocycles. The molecule has 0 amide bonds. The van der Waals surface area contributed by atoms with E-state index >= 15 is 0 Å². The van der Waals surface area contributed by atoms with Crippen LogP contribution in [0.3, 0.4) is 0 Å². The minimum atomic E-state index is 0.782. The van der Waals surface area contributed by atoms with E-state index < -0.39 is 0 Å². The molecule has 0 saturated carbocycles. The highest BCUT2D eigenvalue weighted by Gasteiger charge is 2.20. The van der Waals surface area contributed by atoms with E-state index in [4.69, 9.17) is 16.6 Å². The van der Waals surface area contributed by atoms with Crippen LogP contribution in [0.25, 0.3) is 10.2 Å². The smallest absolute Gasteiger partial charge is 0.138 e. The largest absolute Gasteiger partial charge is 0.369 e. The zero-order chi connectivity index (χ0) is 16.5. The molecule has 1 aromatic carbocycles. The van der Waals surface area contributed by atoms with Gasteiger partial charge in [-0.05, 0) is 62.3 Å². The topological polar surface area (TPSA) is 37.8 Å². The number of anilines is 1. The molecule has 124 valence electrons. The summed E-state index contributed by atoms with van der Waals surface area (Å²) in [6.07, 6.45) is 5.88. The zero-order valence-corrected chi connectivity index (χ0v) is 15.3. The molecule has 1 aliphatic carbocycles. The summed E-state index contributed by atoms with van der Waals surface area (Å²) in [4.78, 5) is 12.0. The molecule has 1 N–H and O–H groups in total. The van der Waals surface area contributed by atoms with E-state index in [0.717, 1.165) is 40.9 Å². The van der Waals surface area contributed by atoms with Crippen molar-refractivity contribution >= 4 is 39.0 Å². The summed E-state index contributed by atoms with van der Waals surface area (Å²) in [6.45, 7) is 2.83. The Morgan fingerprint density at radius 3 is 2.75 bits per heavy atom. The third kappa shape index (κ3) is 3.13. The van der Waals surface area contributed by atoms with Gasteiger partial charge in [0.2, 0.25) is 0 Å². The molecule has 0 unspecified atom stereocenters. The lowest BCUT2D eigenvalue weighted by Gasteiger charge is -2.13. The molecule has 3 aromatic rings. The van der Waals surface area contributed by atoms with E-state index in [2.05, 4.69) is 22.4 Å². The molecule has 0 saturated heterocycles. The Morgan fingerprint density at radius 2 is 1.92 bits per heavy atom. The molecule has 1 aliphatic rings. The van der Waals surface area contributed by atoms with Crippen LogP contribution >= 0.6 is 22.9 Å². The molecule has 5 heteroatoms. The van der Waals surface area contributed by atoms with Gasteiger partial charge in [-0.3, -0.25) is 0 Å². The molecule has 4 rings (SSSR count). The number of nitrogens with zero attached hydrogens (tertiary/aromatic N) is 2. The van der Waals surface area contributed by atoms with Gasteiger partial charge in [-0.2, -0.15) is 0 Å². The minimum absolute atomic E-state index is 0.782. The fourth-order valence-corrected chi connectivity index (χ4v) is 4.80. The lowest BCUT2D eigenvalue weighted by Crippen LogP contribution is -2.09. The van der Waals surface area contributed by atoms with Crippen molar-refractivity contribution in [3.8, 4) is 0 Å². The number of aryl methyl sites for hydroxylation is 3. The quantitative estimate of drug-likeness (QED) is 0.698. The highest BCUT2D eigenvalue weighted by molar-refractivity contribution is 7.19. The third-order valence-corrected chi connectivity index (χ3v) is 5.98. The van der Waals surface area contributed by atoms with Crippen LogP contribution in [0, 0.1) is 6.92 Å². The monoisotopic (exact) mass is 357 g/mol. The van der Waals surface area contributed by atoms with Crippen molar-refractivity contribution in [1.29, 1.82) is 0 Å². The number of benzene rings is 1. The van der Waals surface area contributed by atoms with Gasteiger partial charge in [0.25, 0.3) is 0 Å². The van der Waals surface area contributed by atoms with Crippen molar-refractivity contribution in [2.75, 3.05) is 11.9 Å². The van der Waals surface area contributed by atoms with E-state index in [1.807, 2.05) is 30.4 Å². The fraction of sp³-hybridized carbons (Fsp3) is 0.368. The number of thiophene rings is 1. The summed E-state index contributed by atoms with van der Waals surface area (Å²) in [5.74, 6) is 1.85. The Balaban J connectivity index is 1.58. The van der Waals surface area contributed by atoms with E-state index in [0.29, 0.717) is 0 Å². The summed E-state index contributed by atoms with van der Waals surface area (Å²) >= 11 is 7.80. The normalized spacial score (nSPS) is 13.9. The van der Waals surface area contributed by atoms with Crippen LogP contribution in [0.1, 0.15) is 34.7 Å². The van der Waals surface area contributed by atoms with Crippen LogP contribution in [-0.4, -0.2) is 16.5 Å². The molecule has 0 atom stereocenters. The van der Waals surface area contributed by atoms with Crippen LogP contribution in [0.4, 0.5) is 5.82 Å². The number of nitrogens with one attached hydrogen (secondary N) is 1. The maximum absolute atomic E-state index is 5.95. The number of hydrogen-bond acceptors (Lipinski definition) is 4. The Morgan fingerprint density at radius 1 is 1.12 bits per heavy atom. The van der Waals surface area contributed by atoms with E-state index in [1.54, 1.807) is 0 Å². The Labute approximate surface area is 151 Å². The van der Waals surface area contributed by atoms with Crippen molar-refractivity contribution in [1.82, 2.24) is 9.97 Å². The van der Waals surface area contributed by atoms with Crippen LogP contribution < -0.4 is 5.32 Å². The molecular weight excluding hydrogens is 338 g/mol. The van der Waals surface area contributed by atoms with Gasteiger partial charge >= 0.3 is 0 Å². The lowest BCUT2D eigenvalue weighted by molar-refractivity contribution is 0.700. The van der Waals surface area contributed by atoms with Gasteiger partial charge in [0.1, 0.15) is 16.5 Å². The molecule has 0 bridgehead atoms. The maximum Gasteiger partial charge on any atom is 0.138 e. The number of fused-ring (bicyclic) bond motifs is 3. The highest BCUT2D eigenvalue weighted by Crippen LogP contribution is 2.38. The van der Waals surface area contributed by atoms with Crippen LogP contribution in [0.2, 0.25) is 5.02 Å². The Bertz CT molecular complexity index is 870. The fourth-order valence-electron chi connectivity index (χ4n) is 3.37. The summed E-state index contributed by atoms with van der Waals surface area (Å²) in [5, 5.41) is 5.59. The minimum Gasteiger partial charge on any atom is -0.369 e. The molecule has 24 heavy (non-hydrogen) atoms. The molecule has 0 spiro atoms. The Hall–Kier alpha value is -1.65. The van der Waals surface area contributed by atoms with Gasteiger partial charge in [-0.15, -0.1) is 11.3 Å². The number of aromatic nitrogens is 2. The van der Waals surface area contributed by atoms with Gasteiger partial charge in [-0.25, -0.2) is 9.97 Å². The molecular formula is C19H20ClN3S. The number of rotatable bonds is 4. The average molecular weight is 358 g/mol. The summed E-state index contributed by atoms with van der Waals surface area (Å²) in [6, 6.07) is 8.05. The first-order valence-corrected chi connectivity index (χ1v) is 9.67. The van der Waals surface area contributed by atoms with Gasteiger partial charge in [-0.1, -0.05) is 23.7 Å². The summed E-state index contributed by atoms with van der Waals surface area (Å²) in [7, 11) is 0. The van der Waals surface area contributed by atoms with Crippen molar-refractivity contribution in [2.45, 2.75) is 39.0 Å². The van der Waals surface area contributed by atoms with Gasteiger partial charge < -0.3 is 5.32 Å². The predicted octanol–water partition coefficient (Wildman–Crippen LogP) is 5.19. The molecule has 0 aliphatic heterocycles. The Kier molecular flexibility index (Phi) is 4.42. The third-order valence-electron chi connectivity index (χ3n) is 4.55. The van der Waals surface area contributed by atoms with Gasteiger partial charge in [0.15, 0.2) is 0 Å². The second-order valence-corrected chi connectivity index (χ2v) is 7.83. The number of halogens is 1. The first-order chi connectivity index (χ1) is 11.7. The lowest BCUT2D eigenvalue weighted by atomic mass is 9.97. The zero-order valence-electron chi connectivity index (χ0n) is 13.7. The van der Waals surface area contributed by atoms with E-state index in [9.17, 15) is 0 Å². The molecule has 3 nitrogen and oxygen atoms in total. The molecule has 0 radical (unpaired) electrons. The maximum atomic E-state index is 5.95. The van der Waals surface area contributed by atoms with Gasteiger partial charge in [0, 0.05) is 16.4 Å². The van der Waals surface area contributed by atoms with Crippen LogP contribution in [-0.2, 0) is 19.3 Å². The average Bonchev–Trinajstić information content (AvgIpc) is 2.94. The van der Waals surface area contributed by atoms with Crippen LogP contribution in [0.5, 0.6) is 0 Å². The standard InChI is InChI=1S/C19H20ClN3S/c1-12-22-18(21-11-10-13-6-8-14(20)9-7-13)17-15-4-2-3-5-16(15)24-19(17)23-12/h6-9H,2-5,10-11H2,1H3,(H,21,22,23). The molecule has 0 fully saturated rings. The van der Waals surface area contributed by atoms with Crippen molar-refractivity contribution in [2.24, 2.45) is 0 Å². The second kappa shape index (κ2) is 6.69. The van der Waals surface area contributed by atoms with Crippen molar-refractivity contribution < 1.29 is 0 Å². The van der Waals surface area contributed by atoms with E-state index in [-0.39, 0.29) is 0 Å². The predicted molar refractivity (Wildman–Crippen MR) is 102 cm³/mol. The number of hydrogen-bond donors (Lipinski definition) is 1. The van der Waals surface area contributed by atoms with Crippen molar-refractivity contribution in [3.05, 3.63) is 51.1 Å². The summed E-state index contributed by atoms with van der Waals surface area (Å²) < 4.78 is 0. The first kappa shape index (κ1) is 15.9. The highest BCUT2D eigenvalue weighted by atomic mass is 35.5. The van der Waals surface area contributed by atoms with Gasteiger partial charge in [0.05, 0.1) is 5.39 Å². The SMILES string of the molecule is Cc1nc(NCCc2ccc(Cl)cc2)c2c3c(sc2n1)CCCC3. The van der Waals surface area contributed by atoms with E-state index in [1.165, 1.54) is 40.7 Å². The summed E-state index contributed by atoms with van der Waals surface area (Å²) in [5.41, 5.74) is 2.76. The molecule has 2 heterocycles. The van der Waals surface area contributed by atoms with Crippen molar-refractivity contribution in [3.63, 3.8) is 0 Å². The first-order valence-electron chi connectivity index (χ1n) is 8.48. The second-order valence-electron chi connectivity index (χ2n) is 6.31.